The number of furan rings is 1. The van der Waals surface area contributed by atoms with Crippen LogP contribution < -0.4 is 10.5 Å². The van der Waals surface area contributed by atoms with Crippen LogP contribution in [-0.4, -0.2) is 24.6 Å². The Hall–Kier alpha value is -1.80. The minimum atomic E-state index is -4.69. The molecule has 0 aliphatic carbocycles. The third-order valence-corrected chi connectivity index (χ3v) is 2.55. The second-order valence-corrected chi connectivity index (χ2v) is 4.20. The normalized spacial score (nSPS) is 11.8. The number of halogens is 3. The zero-order valence-electron chi connectivity index (χ0n) is 10.1. The lowest BCUT2D eigenvalue weighted by atomic mass is 10.2. The van der Waals surface area contributed by atoms with Gasteiger partial charge in [0.15, 0.2) is 5.75 Å². The molecule has 2 rings (SSSR count). The number of benzene rings is 1. The van der Waals surface area contributed by atoms with Crippen molar-refractivity contribution >= 4 is 28.2 Å². The molecule has 0 radical (unpaired) electrons. The van der Waals surface area contributed by atoms with Crippen molar-refractivity contribution in [3.63, 3.8) is 0 Å². The van der Waals surface area contributed by atoms with Crippen molar-refractivity contribution in [2.24, 2.45) is 5.73 Å². The minimum absolute atomic E-state index is 0.0343. The van der Waals surface area contributed by atoms with E-state index >= 15 is 0 Å². The first-order valence-electron chi connectivity index (χ1n) is 5.53. The number of thiocarbonyl (C=S) groups is 1. The molecule has 0 aliphatic heterocycles. The van der Waals surface area contributed by atoms with Gasteiger partial charge in [-0.25, -0.2) is 0 Å². The molecule has 0 amide bonds. The van der Waals surface area contributed by atoms with E-state index in [2.05, 4.69) is 4.74 Å². The fourth-order valence-corrected chi connectivity index (χ4v) is 1.76. The molecule has 0 saturated heterocycles. The van der Waals surface area contributed by atoms with Crippen molar-refractivity contribution in [1.82, 2.24) is 0 Å². The number of nitrogens with two attached hydrogens (primary N) is 1. The first-order valence-corrected chi connectivity index (χ1v) is 5.94. The van der Waals surface area contributed by atoms with Crippen molar-refractivity contribution in [2.75, 3.05) is 13.2 Å². The number of ether oxygens (including phenoxy) is 2. The molecular formula is C12H10F3NO3S. The fraction of sp³-hybridized carbons (Fsp3) is 0.250. The highest BCUT2D eigenvalue weighted by Crippen LogP contribution is 2.33. The molecule has 0 fully saturated rings. The Morgan fingerprint density at radius 2 is 1.95 bits per heavy atom. The summed E-state index contributed by atoms with van der Waals surface area (Å²) in [5.41, 5.74) is 5.99. The number of alkyl halides is 3. The Kier molecular flexibility index (Phi) is 4.15. The molecule has 2 aromatic rings. The Morgan fingerprint density at radius 3 is 2.60 bits per heavy atom. The van der Waals surface area contributed by atoms with Crippen molar-refractivity contribution in [1.29, 1.82) is 0 Å². The van der Waals surface area contributed by atoms with Crippen LogP contribution >= 0.6 is 12.2 Å². The summed E-state index contributed by atoms with van der Waals surface area (Å²) in [7, 11) is 0. The molecule has 0 unspecified atom stereocenters. The highest BCUT2D eigenvalue weighted by atomic mass is 32.1. The van der Waals surface area contributed by atoms with E-state index < -0.39 is 13.0 Å². The molecule has 0 atom stereocenters. The second kappa shape index (κ2) is 5.68. The average molecular weight is 305 g/mol. The van der Waals surface area contributed by atoms with Gasteiger partial charge in [-0.2, -0.15) is 0 Å². The molecule has 0 aliphatic rings. The van der Waals surface area contributed by atoms with Crippen LogP contribution in [0.25, 0.3) is 11.0 Å². The minimum Gasteiger partial charge on any atom is -0.486 e. The molecule has 108 valence electrons. The number of para-hydroxylation sites is 1. The molecular weight excluding hydrogens is 295 g/mol. The van der Waals surface area contributed by atoms with Crippen molar-refractivity contribution in [2.45, 2.75) is 6.36 Å². The van der Waals surface area contributed by atoms with Crippen LogP contribution in [-0.2, 0) is 4.74 Å². The Bertz CT molecular complexity index is 624. The van der Waals surface area contributed by atoms with Crippen LogP contribution in [0.4, 0.5) is 13.2 Å². The van der Waals surface area contributed by atoms with Crippen LogP contribution in [0.3, 0.4) is 0 Å². The lowest BCUT2D eigenvalue weighted by molar-refractivity contribution is -0.325. The Balaban J connectivity index is 2.15. The van der Waals surface area contributed by atoms with Gasteiger partial charge < -0.3 is 14.9 Å². The van der Waals surface area contributed by atoms with Crippen LogP contribution in [0.2, 0.25) is 0 Å². The summed E-state index contributed by atoms with van der Waals surface area (Å²) in [6.45, 7) is -0.946. The van der Waals surface area contributed by atoms with Gasteiger partial charge in [-0.15, -0.1) is 13.2 Å². The van der Waals surface area contributed by atoms with Gasteiger partial charge in [0.1, 0.15) is 17.2 Å². The van der Waals surface area contributed by atoms with Crippen molar-refractivity contribution < 1.29 is 27.1 Å². The highest BCUT2D eigenvalue weighted by Gasteiger charge is 2.29. The summed E-state index contributed by atoms with van der Waals surface area (Å²) < 4.78 is 49.8. The predicted molar refractivity (Wildman–Crippen MR) is 69.6 cm³/mol. The summed E-state index contributed by atoms with van der Waals surface area (Å²) in [6, 6.07) is 6.85. The molecule has 1 aromatic heterocycles. The van der Waals surface area contributed by atoms with E-state index in [1.807, 2.05) is 0 Å². The SMILES string of the molecule is NC(=S)c1oc2ccccc2c1OCCOC(F)(F)F. The maximum atomic E-state index is 11.8. The average Bonchev–Trinajstić information content (AvgIpc) is 2.72. The van der Waals surface area contributed by atoms with Crippen LogP contribution in [0.15, 0.2) is 28.7 Å². The van der Waals surface area contributed by atoms with Gasteiger partial charge in [-0.1, -0.05) is 24.4 Å². The highest BCUT2D eigenvalue weighted by molar-refractivity contribution is 7.80. The lowest BCUT2D eigenvalue weighted by Crippen LogP contribution is -2.19. The monoisotopic (exact) mass is 305 g/mol. The molecule has 2 N–H and O–H groups in total. The molecule has 1 aromatic carbocycles. The van der Waals surface area contributed by atoms with E-state index in [9.17, 15) is 13.2 Å². The van der Waals surface area contributed by atoms with E-state index in [4.69, 9.17) is 27.1 Å². The third kappa shape index (κ3) is 3.40. The number of hydrogen-bond donors (Lipinski definition) is 1. The van der Waals surface area contributed by atoms with Gasteiger partial charge in [0, 0.05) is 0 Å². The van der Waals surface area contributed by atoms with Crippen molar-refractivity contribution in [3.05, 3.63) is 30.0 Å². The maximum Gasteiger partial charge on any atom is 0.522 e. The lowest BCUT2D eigenvalue weighted by Gasteiger charge is -2.09. The molecule has 20 heavy (non-hydrogen) atoms. The summed E-state index contributed by atoms with van der Waals surface area (Å²) in [5, 5.41) is 0.585. The maximum absolute atomic E-state index is 11.8. The molecule has 0 spiro atoms. The summed E-state index contributed by atoms with van der Waals surface area (Å²) >= 11 is 4.82. The van der Waals surface area contributed by atoms with E-state index in [1.165, 1.54) is 0 Å². The third-order valence-electron chi connectivity index (χ3n) is 2.37. The molecule has 4 nitrogen and oxygen atoms in total. The van der Waals surface area contributed by atoms with Gasteiger partial charge in [0.05, 0.1) is 12.0 Å². The van der Waals surface area contributed by atoms with Gasteiger partial charge in [0.2, 0.25) is 5.76 Å². The van der Waals surface area contributed by atoms with Crippen molar-refractivity contribution in [3.8, 4) is 5.75 Å². The summed E-state index contributed by atoms with van der Waals surface area (Å²) in [4.78, 5) is -0.0343. The molecule has 0 bridgehead atoms. The molecule has 8 heteroatoms. The quantitative estimate of drug-likeness (QED) is 0.680. The number of rotatable bonds is 5. The largest absolute Gasteiger partial charge is 0.522 e. The van der Waals surface area contributed by atoms with Gasteiger partial charge >= 0.3 is 6.36 Å². The Labute approximate surface area is 117 Å². The van der Waals surface area contributed by atoms with Crippen LogP contribution in [0.5, 0.6) is 5.75 Å². The first-order chi connectivity index (χ1) is 9.38. The smallest absolute Gasteiger partial charge is 0.486 e. The number of fused-ring (bicyclic) bond motifs is 1. The zero-order valence-corrected chi connectivity index (χ0v) is 10.9. The zero-order chi connectivity index (χ0) is 14.8. The van der Waals surface area contributed by atoms with E-state index in [-0.39, 0.29) is 23.1 Å². The standard InChI is InChI=1S/C12H10F3NO3S/c13-12(14,15)18-6-5-17-9-7-3-1-2-4-8(7)19-10(9)11(16)20/h1-4H,5-6H2,(H2,16,20). The van der Waals surface area contributed by atoms with E-state index in [1.54, 1.807) is 24.3 Å². The fourth-order valence-electron chi connectivity index (χ4n) is 1.63. The predicted octanol–water partition coefficient (Wildman–Crippen LogP) is 2.98. The van der Waals surface area contributed by atoms with Gasteiger partial charge in [-0.3, -0.25) is 4.74 Å². The first kappa shape index (κ1) is 14.6. The molecule has 0 saturated carbocycles. The van der Waals surface area contributed by atoms with Gasteiger partial charge in [-0.05, 0) is 12.1 Å². The van der Waals surface area contributed by atoms with Crippen LogP contribution in [0.1, 0.15) is 5.76 Å². The second-order valence-electron chi connectivity index (χ2n) is 3.76. The van der Waals surface area contributed by atoms with Crippen LogP contribution in [0, 0.1) is 0 Å². The van der Waals surface area contributed by atoms with E-state index in [0.717, 1.165) is 0 Å². The summed E-state index contributed by atoms with van der Waals surface area (Å²) in [5.74, 6) is 0.354. The Morgan fingerprint density at radius 1 is 1.25 bits per heavy atom. The number of hydrogen-bond acceptors (Lipinski definition) is 4. The summed E-state index contributed by atoms with van der Waals surface area (Å²) in [6.07, 6.45) is -4.69. The molecule has 1 heterocycles. The topological polar surface area (TPSA) is 57.6 Å². The van der Waals surface area contributed by atoms with Gasteiger partial charge in [0.25, 0.3) is 0 Å². The van der Waals surface area contributed by atoms with E-state index in [0.29, 0.717) is 11.0 Å².